The van der Waals surface area contributed by atoms with Gasteiger partial charge >= 0.3 is 0 Å². The fourth-order valence-electron chi connectivity index (χ4n) is 1.82. The van der Waals surface area contributed by atoms with Crippen LogP contribution >= 0.6 is 0 Å². The molecule has 0 fully saturated rings. The molecule has 0 aliphatic carbocycles. The number of hydrogen-bond acceptors (Lipinski definition) is 2. The van der Waals surface area contributed by atoms with E-state index in [1.165, 1.54) is 5.56 Å². The first kappa shape index (κ1) is 15.5. The molecule has 0 aliphatic heterocycles. The van der Waals surface area contributed by atoms with Gasteiger partial charge in [-0.25, -0.2) is 0 Å². The van der Waals surface area contributed by atoms with E-state index in [9.17, 15) is 5.11 Å². The molecule has 4 nitrogen and oxygen atoms in total. The Morgan fingerprint density at radius 1 is 1.26 bits per heavy atom. The van der Waals surface area contributed by atoms with E-state index in [4.69, 9.17) is 5.73 Å². The molecule has 0 atom stereocenters. The largest absolute Gasteiger partial charge is 0.396 e. The van der Waals surface area contributed by atoms with E-state index in [1.54, 1.807) is 0 Å². The van der Waals surface area contributed by atoms with Gasteiger partial charge in [-0.2, -0.15) is 0 Å². The fraction of sp³-hybridized carbons (Fsp3) is 0.533. The molecule has 0 heterocycles. The maximum Gasteiger partial charge on any atom is 0.193 e. The Hall–Kier alpha value is -1.55. The minimum Gasteiger partial charge on any atom is -0.396 e. The highest BCUT2D eigenvalue weighted by molar-refractivity contribution is 5.92. The maximum atomic E-state index is 9.48. The van der Waals surface area contributed by atoms with E-state index in [2.05, 4.69) is 24.2 Å². The van der Waals surface area contributed by atoms with Crippen LogP contribution < -0.4 is 11.1 Å². The summed E-state index contributed by atoms with van der Waals surface area (Å²) in [5.41, 5.74) is 7.85. The van der Waals surface area contributed by atoms with Gasteiger partial charge in [-0.3, -0.25) is 4.99 Å². The van der Waals surface area contributed by atoms with Gasteiger partial charge < -0.3 is 16.2 Å². The standard InChI is InChI=1S/C15H25N3O/c1-4-15(5-2,11-19)10-17-14(16)18-13-8-6-12(3)7-9-13/h6-9,19H,4-5,10-11H2,1-3H3,(H3,16,17,18). The van der Waals surface area contributed by atoms with Crippen molar-refractivity contribution in [1.29, 1.82) is 0 Å². The fourth-order valence-corrected chi connectivity index (χ4v) is 1.82. The van der Waals surface area contributed by atoms with Crippen LogP contribution in [0.25, 0.3) is 0 Å². The second kappa shape index (κ2) is 7.14. The predicted octanol–water partition coefficient (Wildman–Crippen LogP) is 2.52. The molecule has 0 saturated carbocycles. The highest BCUT2D eigenvalue weighted by Crippen LogP contribution is 2.25. The van der Waals surface area contributed by atoms with Crippen LogP contribution in [-0.2, 0) is 0 Å². The Labute approximate surface area is 115 Å². The van der Waals surface area contributed by atoms with Crippen molar-refractivity contribution < 1.29 is 5.11 Å². The van der Waals surface area contributed by atoms with Crippen LogP contribution in [0.4, 0.5) is 5.69 Å². The van der Waals surface area contributed by atoms with Crippen molar-refractivity contribution in [2.45, 2.75) is 33.6 Å². The molecule has 1 aromatic rings. The van der Waals surface area contributed by atoms with Crippen molar-refractivity contribution in [1.82, 2.24) is 0 Å². The van der Waals surface area contributed by atoms with Crippen molar-refractivity contribution in [2.24, 2.45) is 16.1 Å². The SMILES string of the molecule is CCC(CC)(CO)CN=C(N)Nc1ccc(C)cc1. The molecule has 4 heteroatoms. The van der Waals surface area contributed by atoms with Crippen LogP contribution in [0.5, 0.6) is 0 Å². The summed E-state index contributed by atoms with van der Waals surface area (Å²) in [6, 6.07) is 7.98. The summed E-state index contributed by atoms with van der Waals surface area (Å²) in [7, 11) is 0. The lowest BCUT2D eigenvalue weighted by atomic mass is 9.83. The van der Waals surface area contributed by atoms with E-state index < -0.39 is 0 Å². The van der Waals surface area contributed by atoms with Crippen LogP contribution in [0.1, 0.15) is 32.3 Å². The molecule has 0 unspecified atom stereocenters. The van der Waals surface area contributed by atoms with Crippen molar-refractivity contribution in [3.8, 4) is 0 Å². The van der Waals surface area contributed by atoms with E-state index >= 15 is 0 Å². The van der Waals surface area contributed by atoms with Crippen LogP contribution in [-0.4, -0.2) is 24.2 Å². The smallest absolute Gasteiger partial charge is 0.193 e. The number of aliphatic hydroxyl groups excluding tert-OH is 1. The first-order valence-corrected chi connectivity index (χ1v) is 6.79. The summed E-state index contributed by atoms with van der Waals surface area (Å²) < 4.78 is 0. The molecule has 19 heavy (non-hydrogen) atoms. The van der Waals surface area contributed by atoms with Crippen molar-refractivity contribution in [3.63, 3.8) is 0 Å². The number of guanidine groups is 1. The topological polar surface area (TPSA) is 70.6 Å². The number of nitrogens with one attached hydrogen (secondary N) is 1. The third kappa shape index (κ3) is 4.56. The average molecular weight is 263 g/mol. The molecule has 0 saturated heterocycles. The average Bonchev–Trinajstić information content (AvgIpc) is 2.44. The highest BCUT2D eigenvalue weighted by Gasteiger charge is 2.24. The van der Waals surface area contributed by atoms with Gasteiger partial charge in [0.1, 0.15) is 0 Å². The quantitative estimate of drug-likeness (QED) is 0.545. The molecular weight excluding hydrogens is 238 g/mol. The Morgan fingerprint density at radius 2 is 1.84 bits per heavy atom. The lowest BCUT2D eigenvalue weighted by molar-refractivity contribution is 0.123. The van der Waals surface area contributed by atoms with E-state index in [-0.39, 0.29) is 12.0 Å². The second-order valence-electron chi connectivity index (χ2n) is 5.06. The second-order valence-corrected chi connectivity index (χ2v) is 5.06. The van der Waals surface area contributed by atoms with Crippen LogP contribution in [0.2, 0.25) is 0 Å². The number of nitrogens with two attached hydrogens (primary N) is 1. The number of nitrogens with zero attached hydrogens (tertiary/aromatic N) is 1. The number of hydrogen-bond donors (Lipinski definition) is 3. The van der Waals surface area contributed by atoms with E-state index in [1.807, 2.05) is 31.2 Å². The normalized spacial score (nSPS) is 12.5. The number of benzene rings is 1. The number of aliphatic imine (C=N–C) groups is 1. The molecule has 106 valence electrons. The summed E-state index contributed by atoms with van der Waals surface area (Å²) in [6.45, 7) is 6.86. The maximum absolute atomic E-state index is 9.48. The zero-order chi connectivity index (χ0) is 14.3. The number of aliphatic hydroxyl groups is 1. The summed E-state index contributed by atoms with van der Waals surface area (Å²) in [5, 5.41) is 12.5. The van der Waals surface area contributed by atoms with E-state index in [0.29, 0.717) is 12.5 Å². The third-order valence-corrected chi connectivity index (χ3v) is 3.74. The monoisotopic (exact) mass is 263 g/mol. The van der Waals surface area contributed by atoms with Gasteiger partial charge in [0.2, 0.25) is 0 Å². The third-order valence-electron chi connectivity index (χ3n) is 3.74. The Bertz CT molecular complexity index is 400. The Balaban J connectivity index is 2.64. The number of anilines is 1. The first-order chi connectivity index (χ1) is 9.05. The summed E-state index contributed by atoms with van der Waals surface area (Å²) in [4.78, 5) is 4.35. The van der Waals surface area contributed by atoms with Gasteiger partial charge in [-0.15, -0.1) is 0 Å². The summed E-state index contributed by atoms with van der Waals surface area (Å²) in [6.07, 6.45) is 1.78. The Morgan fingerprint density at radius 3 is 2.32 bits per heavy atom. The van der Waals surface area contributed by atoms with Gasteiger partial charge in [0.25, 0.3) is 0 Å². The number of rotatable bonds is 6. The van der Waals surface area contributed by atoms with Crippen molar-refractivity contribution in [3.05, 3.63) is 29.8 Å². The zero-order valence-corrected chi connectivity index (χ0v) is 12.1. The van der Waals surface area contributed by atoms with Gasteiger partial charge in [-0.1, -0.05) is 31.5 Å². The summed E-state index contributed by atoms with van der Waals surface area (Å²) in [5.74, 6) is 0.392. The minimum atomic E-state index is -0.153. The molecule has 4 N–H and O–H groups in total. The highest BCUT2D eigenvalue weighted by atomic mass is 16.3. The predicted molar refractivity (Wildman–Crippen MR) is 81.4 cm³/mol. The van der Waals surface area contributed by atoms with Gasteiger partial charge in [0.05, 0.1) is 13.2 Å². The molecular formula is C15H25N3O. The van der Waals surface area contributed by atoms with Crippen molar-refractivity contribution >= 4 is 11.6 Å². The first-order valence-electron chi connectivity index (χ1n) is 6.79. The van der Waals surface area contributed by atoms with Crippen molar-refractivity contribution in [2.75, 3.05) is 18.5 Å². The van der Waals surface area contributed by atoms with Crippen LogP contribution in [0.3, 0.4) is 0 Å². The number of aryl methyl sites for hydroxylation is 1. The molecule has 0 aliphatic rings. The molecule has 1 rings (SSSR count). The van der Waals surface area contributed by atoms with E-state index in [0.717, 1.165) is 18.5 Å². The minimum absolute atomic E-state index is 0.140. The van der Waals surface area contributed by atoms with Gasteiger partial charge in [-0.05, 0) is 31.9 Å². The lowest BCUT2D eigenvalue weighted by Gasteiger charge is -2.27. The summed E-state index contributed by atoms with van der Waals surface area (Å²) >= 11 is 0. The molecule has 0 amide bonds. The lowest BCUT2D eigenvalue weighted by Crippen LogP contribution is -2.30. The Kier molecular flexibility index (Phi) is 5.83. The van der Waals surface area contributed by atoms with Gasteiger partial charge in [0.15, 0.2) is 5.96 Å². The van der Waals surface area contributed by atoms with Crippen LogP contribution in [0.15, 0.2) is 29.3 Å². The molecule has 0 bridgehead atoms. The molecule has 0 aromatic heterocycles. The molecule has 0 radical (unpaired) electrons. The molecule has 0 spiro atoms. The zero-order valence-electron chi connectivity index (χ0n) is 12.1. The van der Waals surface area contributed by atoms with Crippen LogP contribution in [0, 0.1) is 12.3 Å². The molecule has 1 aromatic carbocycles. The van der Waals surface area contributed by atoms with Gasteiger partial charge in [0, 0.05) is 11.1 Å².